The number of nitrogens with zero attached hydrogens (tertiary/aromatic N) is 3. The number of rotatable bonds is 7. The van der Waals surface area contributed by atoms with E-state index in [1.165, 1.54) is 0 Å². The van der Waals surface area contributed by atoms with Gasteiger partial charge in [-0.15, -0.1) is 6.58 Å². The second-order valence-electron chi connectivity index (χ2n) is 6.36. The molecule has 134 valence electrons. The van der Waals surface area contributed by atoms with E-state index in [4.69, 9.17) is 4.74 Å². The van der Waals surface area contributed by atoms with E-state index in [1.807, 2.05) is 29.2 Å². The SMILES string of the molecule is C=CCCC(CN1CCN(C(C)=O)CC1)Oc1nc2ccccc2s1. The van der Waals surface area contributed by atoms with E-state index < -0.39 is 0 Å². The molecule has 5 nitrogen and oxygen atoms in total. The van der Waals surface area contributed by atoms with Gasteiger partial charge in [-0.2, -0.15) is 0 Å². The van der Waals surface area contributed by atoms with Gasteiger partial charge in [-0.3, -0.25) is 9.69 Å². The molecule has 2 aromatic rings. The molecule has 0 N–H and O–H groups in total. The lowest BCUT2D eigenvalue weighted by atomic mass is 10.1. The van der Waals surface area contributed by atoms with Crippen molar-refractivity contribution in [1.82, 2.24) is 14.8 Å². The van der Waals surface area contributed by atoms with Crippen LogP contribution in [-0.2, 0) is 4.79 Å². The molecule has 0 aliphatic carbocycles. The molecule has 6 heteroatoms. The van der Waals surface area contributed by atoms with Crippen LogP contribution in [-0.4, -0.2) is 59.5 Å². The third-order valence-electron chi connectivity index (χ3n) is 4.51. The molecule has 1 atom stereocenters. The van der Waals surface area contributed by atoms with Gasteiger partial charge in [0.2, 0.25) is 5.91 Å². The number of allylic oxidation sites excluding steroid dienone is 1. The van der Waals surface area contributed by atoms with E-state index in [1.54, 1.807) is 18.3 Å². The van der Waals surface area contributed by atoms with Crippen molar-refractivity contribution in [3.63, 3.8) is 0 Å². The van der Waals surface area contributed by atoms with E-state index >= 15 is 0 Å². The van der Waals surface area contributed by atoms with Gasteiger partial charge in [0, 0.05) is 39.6 Å². The van der Waals surface area contributed by atoms with Crippen LogP contribution in [0.2, 0.25) is 0 Å². The van der Waals surface area contributed by atoms with Crippen molar-refractivity contribution in [2.45, 2.75) is 25.9 Å². The molecule has 1 amide bonds. The molecule has 1 aliphatic heterocycles. The fraction of sp³-hybridized carbons (Fsp3) is 0.474. The number of aromatic nitrogens is 1. The smallest absolute Gasteiger partial charge is 0.274 e. The molecule has 1 fully saturated rings. The maximum atomic E-state index is 11.5. The Morgan fingerprint density at radius 2 is 2.12 bits per heavy atom. The molecule has 0 radical (unpaired) electrons. The molecule has 25 heavy (non-hydrogen) atoms. The van der Waals surface area contributed by atoms with Crippen LogP contribution in [0, 0.1) is 0 Å². The van der Waals surface area contributed by atoms with Crippen molar-refractivity contribution in [3.8, 4) is 5.19 Å². The Morgan fingerprint density at radius 1 is 1.36 bits per heavy atom. The largest absolute Gasteiger partial charge is 0.465 e. The fourth-order valence-electron chi connectivity index (χ4n) is 3.07. The summed E-state index contributed by atoms with van der Waals surface area (Å²) in [5, 5.41) is 0.734. The van der Waals surface area contributed by atoms with Gasteiger partial charge < -0.3 is 9.64 Å². The van der Waals surface area contributed by atoms with Gasteiger partial charge in [0.25, 0.3) is 5.19 Å². The first-order valence-corrected chi connectivity index (χ1v) is 9.58. The quantitative estimate of drug-likeness (QED) is 0.713. The lowest BCUT2D eigenvalue weighted by molar-refractivity contribution is -0.130. The minimum Gasteiger partial charge on any atom is -0.465 e. The lowest BCUT2D eigenvalue weighted by Crippen LogP contribution is -2.50. The number of piperazine rings is 1. The maximum Gasteiger partial charge on any atom is 0.274 e. The van der Waals surface area contributed by atoms with Crippen LogP contribution < -0.4 is 4.74 Å². The minimum absolute atomic E-state index is 0.0856. The van der Waals surface area contributed by atoms with Gasteiger partial charge in [0.1, 0.15) is 6.10 Å². The number of carbonyl (C=O) groups excluding carboxylic acids is 1. The molecule has 1 saturated heterocycles. The molecule has 0 spiro atoms. The van der Waals surface area contributed by atoms with E-state index in [2.05, 4.69) is 22.5 Å². The molecule has 1 unspecified atom stereocenters. The monoisotopic (exact) mass is 359 g/mol. The lowest BCUT2D eigenvalue weighted by Gasteiger charge is -2.35. The van der Waals surface area contributed by atoms with E-state index in [9.17, 15) is 4.79 Å². The molecule has 0 bridgehead atoms. The molecule has 1 aromatic carbocycles. The van der Waals surface area contributed by atoms with Crippen LogP contribution in [0.3, 0.4) is 0 Å². The highest BCUT2D eigenvalue weighted by Gasteiger charge is 2.22. The second kappa shape index (κ2) is 8.45. The maximum absolute atomic E-state index is 11.5. The van der Waals surface area contributed by atoms with Gasteiger partial charge in [0.15, 0.2) is 0 Å². The number of hydrogen-bond acceptors (Lipinski definition) is 5. The minimum atomic E-state index is 0.0856. The third-order valence-corrected chi connectivity index (χ3v) is 5.44. The average Bonchev–Trinajstić information content (AvgIpc) is 3.02. The molecule has 3 rings (SSSR count). The number of thiazole rings is 1. The van der Waals surface area contributed by atoms with Crippen LogP contribution in [0.25, 0.3) is 10.2 Å². The zero-order chi connectivity index (χ0) is 17.6. The number of para-hydroxylation sites is 1. The number of fused-ring (bicyclic) bond motifs is 1. The van der Waals surface area contributed by atoms with E-state index in [0.29, 0.717) is 0 Å². The van der Waals surface area contributed by atoms with Gasteiger partial charge in [0.05, 0.1) is 10.2 Å². The Bertz CT molecular complexity index is 689. The summed E-state index contributed by atoms with van der Waals surface area (Å²) in [6.07, 6.45) is 3.86. The van der Waals surface area contributed by atoms with Gasteiger partial charge in [-0.05, 0) is 25.0 Å². The molecular formula is C19H25N3O2S. The van der Waals surface area contributed by atoms with Gasteiger partial charge in [-0.1, -0.05) is 29.5 Å². The highest BCUT2D eigenvalue weighted by atomic mass is 32.1. The van der Waals surface area contributed by atoms with Crippen LogP contribution in [0.15, 0.2) is 36.9 Å². The van der Waals surface area contributed by atoms with Crippen molar-refractivity contribution >= 4 is 27.5 Å². The van der Waals surface area contributed by atoms with E-state index in [0.717, 1.165) is 61.0 Å². The number of amides is 1. The van der Waals surface area contributed by atoms with Crippen molar-refractivity contribution in [2.24, 2.45) is 0 Å². The third kappa shape index (κ3) is 4.80. The molecule has 0 saturated carbocycles. The Balaban J connectivity index is 1.61. The summed E-state index contributed by atoms with van der Waals surface area (Å²) in [6, 6.07) is 8.10. The van der Waals surface area contributed by atoms with Crippen LogP contribution in [0.5, 0.6) is 5.19 Å². The Hall–Kier alpha value is -1.92. The van der Waals surface area contributed by atoms with Crippen LogP contribution >= 0.6 is 11.3 Å². The second-order valence-corrected chi connectivity index (χ2v) is 7.35. The molecule has 1 aliphatic rings. The topological polar surface area (TPSA) is 45.7 Å². The highest BCUT2D eigenvalue weighted by molar-refractivity contribution is 7.20. The first-order chi connectivity index (χ1) is 12.2. The summed E-state index contributed by atoms with van der Waals surface area (Å²) in [5.74, 6) is 0.161. The van der Waals surface area contributed by atoms with Crippen molar-refractivity contribution in [1.29, 1.82) is 0 Å². The number of carbonyl (C=O) groups is 1. The summed E-state index contributed by atoms with van der Waals surface area (Å²) >= 11 is 1.59. The van der Waals surface area contributed by atoms with Gasteiger partial charge in [-0.25, -0.2) is 4.98 Å². The molecule has 1 aromatic heterocycles. The Morgan fingerprint density at radius 3 is 2.80 bits per heavy atom. The zero-order valence-electron chi connectivity index (χ0n) is 14.7. The van der Waals surface area contributed by atoms with Gasteiger partial charge >= 0.3 is 0 Å². The van der Waals surface area contributed by atoms with E-state index in [-0.39, 0.29) is 12.0 Å². The summed E-state index contributed by atoms with van der Waals surface area (Å²) in [6.45, 7) is 9.70. The van der Waals surface area contributed by atoms with Crippen LogP contribution in [0.4, 0.5) is 0 Å². The number of benzene rings is 1. The van der Waals surface area contributed by atoms with Crippen molar-refractivity contribution < 1.29 is 9.53 Å². The zero-order valence-corrected chi connectivity index (χ0v) is 15.5. The van der Waals surface area contributed by atoms with Crippen LogP contribution in [0.1, 0.15) is 19.8 Å². The summed E-state index contributed by atoms with van der Waals surface area (Å²) in [5.41, 5.74) is 0.986. The standard InChI is InChI=1S/C19H25N3O2S/c1-3-4-7-16(14-21-10-12-22(13-11-21)15(2)23)24-19-20-17-8-5-6-9-18(17)25-19/h3,5-6,8-9,16H,1,4,7,10-14H2,2H3. The number of hydrogen-bond donors (Lipinski definition) is 0. The number of ether oxygens (including phenoxy) is 1. The molecule has 2 heterocycles. The first kappa shape index (κ1) is 17.9. The summed E-state index contributed by atoms with van der Waals surface area (Å²) in [4.78, 5) is 20.3. The summed E-state index contributed by atoms with van der Waals surface area (Å²) in [7, 11) is 0. The van der Waals surface area contributed by atoms with Crippen molar-refractivity contribution in [2.75, 3.05) is 32.7 Å². The fourth-order valence-corrected chi connectivity index (χ4v) is 3.95. The highest BCUT2D eigenvalue weighted by Crippen LogP contribution is 2.28. The first-order valence-electron chi connectivity index (χ1n) is 8.76. The average molecular weight is 359 g/mol. The van der Waals surface area contributed by atoms with Crippen molar-refractivity contribution in [3.05, 3.63) is 36.9 Å². The predicted octanol–water partition coefficient (Wildman–Crippen LogP) is 3.17. The molecular weight excluding hydrogens is 334 g/mol. The predicted molar refractivity (Wildman–Crippen MR) is 102 cm³/mol. The normalized spacial score (nSPS) is 16.8. The summed E-state index contributed by atoms with van der Waals surface area (Å²) < 4.78 is 7.36. The Labute approximate surface area is 152 Å². The Kier molecular flexibility index (Phi) is 6.04.